The average molecular weight is 421 g/mol. The van der Waals surface area contributed by atoms with Crippen LogP contribution in [0, 0.1) is 0 Å². The van der Waals surface area contributed by atoms with Crippen LogP contribution in [0.4, 0.5) is 0 Å². The van der Waals surface area contributed by atoms with Crippen LogP contribution in [0.25, 0.3) is 0 Å². The van der Waals surface area contributed by atoms with Gasteiger partial charge in [0.15, 0.2) is 0 Å². The third-order valence-corrected chi connectivity index (χ3v) is 16.3. The van der Waals surface area contributed by atoms with Crippen LogP contribution in [0.15, 0.2) is 0 Å². The molecule has 0 aromatic carbocycles. The van der Waals surface area contributed by atoms with E-state index in [-0.39, 0.29) is 0 Å². The molecular formula is C12H24GeN6O6-2. The van der Waals surface area contributed by atoms with Gasteiger partial charge in [0.2, 0.25) is 0 Å². The van der Waals surface area contributed by atoms with Crippen LogP contribution in [0.1, 0.15) is 0 Å². The second-order valence-electron chi connectivity index (χ2n) is 8.21. The van der Waals surface area contributed by atoms with E-state index in [4.69, 9.17) is 57.0 Å². The van der Waals surface area contributed by atoms with E-state index in [2.05, 4.69) is 0 Å². The Morgan fingerprint density at radius 1 is 0.360 bits per heavy atom. The van der Waals surface area contributed by atoms with Crippen molar-refractivity contribution in [2.24, 2.45) is 34.4 Å². The molecule has 2 aliphatic carbocycles. The zero-order valence-corrected chi connectivity index (χ0v) is 15.4. The third-order valence-electron chi connectivity index (χ3n) is 6.81. The summed E-state index contributed by atoms with van der Waals surface area (Å²) in [5.74, 6) is 0. The Balaban J connectivity index is 1.57. The molecule has 6 heterocycles. The van der Waals surface area contributed by atoms with Crippen molar-refractivity contribution in [3.05, 3.63) is 0 Å². The topological polar surface area (TPSA) is 212 Å². The Bertz CT molecular complexity index is 516. The van der Waals surface area contributed by atoms with Crippen molar-refractivity contribution in [1.82, 2.24) is 0 Å². The summed E-state index contributed by atoms with van der Waals surface area (Å²) in [6, 6.07) is -3.34. The van der Waals surface area contributed by atoms with Crippen molar-refractivity contribution in [2.75, 3.05) is 0 Å². The predicted octanol–water partition coefficient (Wildman–Crippen LogP) is -5.32. The Morgan fingerprint density at radius 2 is 0.520 bits per heavy atom. The van der Waals surface area contributed by atoms with Gasteiger partial charge in [0.05, 0.1) is 0 Å². The quantitative estimate of drug-likeness (QED) is 0.203. The maximum atomic E-state index is 6.25. The molecule has 144 valence electrons. The van der Waals surface area contributed by atoms with E-state index in [1.807, 2.05) is 0 Å². The van der Waals surface area contributed by atoms with E-state index in [9.17, 15) is 0 Å². The second kappa shape index (κ2) is 3.93. The summed E-state index contributed by atoms with van der Waals surface area (Å²) < 4.78 is 37.3. The van der Waals surface area contributed by atoms with Gasteiger partial charge in [-0.1, -0.05) is 0 Å². The van der Waals surface area contributed by atoms with Gasteiger partial charge < -0.3 is 0 Å². The fourth-order valence-electron chi connectivity index (χ4n) is 5.69. The molecule has 0 aromatic heterocycles. The molecule has 8 rings (SSSR count). The average Bonchev–Trinajstić information content (AvgIpc) is 2.59. The minimum atomic E-state index is -6.34. The summed E-state index contributed by atoms with van der Waals surface area (Å²) >= 11 is -6.34. The van der Waals surface area contributed by atoms with Gasteiger partial charge in [-0.15, -0.1) is 0 Å². The van der Waals surface area contributed by atoms with Crippen molar-refractivity contribution in [2.45, 2.75) is 72.9 Å². The number of nitrogens with two attached hydrogens (primary N) is 6. The van der Waals surface area contributed by atoms with Gasteiger partial charge in [-0.2, -0.15) is 0 Å². The normalized spacial score (nSPS) is 69.8. The van der Waals surface area contributed by atoms with Gasteiger partial charge in [-0.05, 0) is 0 Å². The maximum absolute atomic E-state index is 6.34. The molecule has 6 saturated heterocycles. The molecule has 12 N–H and O–H groups in total. The van der Waals surface area contributed by atoms with E-state index in [0.29, 0.717) is 0 Å². The summed E-state index contributed by atoms with van der Waals surface area (Å²) in [4.78, 5) is 0. The summed E-state index contributed by atoms with van der Waals surface area (Å²) in [7, 11) is 0. The van der Waals surface area contributed by atoms with E-state index >= 15 is 0 Å². The molecule has 2 saturated carbocycles. The first kappa shape index (κ1) is 16.1. The Kier molecular flexibility index (Phi) is 2.52. The van der Waals surface area contributed by atoms with E-state index in [0.717, 1.165) is 0 Å². The molecule has 0 unspecified atom stereocenters. The standard InChI is InChI=1S/C12H24GeN6O6/c14-1-7-2(15)9-3(16)8(1)21-13(20-7,22-9)23-10-4(17)11(24-13)6(19)12(25-13)5(10)18/h1-12H,14-19H2/q-2. The second-order valence-corrected chi connectivity index (χ2v) is 16.4. The van der Waals surface area contributed by atoms with Crippen molar-refractivity contribution in [3.8, 4) is 0 Å². The van der Waals surface area contributed by atoms with Crippen molar-refractivity contribution < 1.29 is 22.6 Å². The number of hydrogen-bond donors (Lipinski definition) is 6. The van der Waals surface area contributed by atoms with Gasteiger partial charge in [-0.25, -0.2) is 0 Å². The van der Waals surface area contributed by atoms with Crippen molar-refractivity contribution in [1.29, 1.82) is 0 Å². The molecule has 8 aliphatic rings. The molecule has 0 radical (unpaired) electrons. The molecule has 1 spiro atoms. The van der Waals surface area contributed by atoms with Crippen LogP contribution in [0.5, 0.6) is 0 Å². The number of rotatable bonds is 0. The molecule has 0 atom stereocenters. The van der Waals surface area contributed by atoms with Crippen molar-refractivity contribution in [3.63, 3.8) is 0 Å². The van der Waals surface area contributed by atoms with Crippen LogP contribution < -0.4 is 34.4 Å². The van der Waals surface area contributed by atoms with E-state index in [1.54, 1.807) is 0 Å². The van der Waals surface area contributed by atoms with Gasteiger partial charge in [0.1, 0.15) is 0 Å². The first-order chi connectivity index (χ1) is 11.6. The van der Waals surface area contributed by atoms with Gasteiger partial charge >= 0.3 is 143 Å². The predicted molar refractivity (Wildman–Crippen MR) is 82.8 cm³/mol. The van der Waals surface area contributed by atoms with Gasteiger partial charge in [0.25, 0.3) is 0 Å². The minimum absolute atomic E-state index is 0.557. The summed E-state index contributed by atoms with van der Waals surface area (Å²) in [5, 5.41) is 0. The Labute approximate surface area is 143 Å². The van der Waals surface area contributed by atoms with Crippen LogP contribution in [-0.2, 0) is 22.6 Å². The molecular weight excluding hydrogens is 397 g/mol. The summed E-state index contributed by atoms with van der Waals surface area (Å²) in [6.45, 7) is 0. The monoisotopic (exact) mass is 422 g/mol. The van der Waals surface area contributed by atoms with E-state index in [1.165, 1.54) is 0 Å². The van der Waals surface area contributed by atoms with Crippen molar-refractivity contribution >= 4 is 13.1 Å². The van der Waals surface area contributed by atoms with Crippen LogP contribution in [-0.4, -0.2) is 86.0 Å². The SMILES string of the molecule is NC1C2[O][Ge-2]345([O]C1C(N)C([O]3)C2N)[O]C1C(N)C([O]4)C(N)C([O]5)C1N. The fourth-order valence-corrected chi connectivity index (χ4v) is 18.4. The summed E-state index contributed by atoms with van der Waals surface area (Å²) in [5.41, 5.74) is 37.5. The molecule has 12 nitrogen and oxygen atoms in total. The molecule has 0 aromatic rings. The van der Waals surface area contributed by atoms with Gasteiger partial charge in [0, 0.05) is 0 Å². The Morgan fingerprint density at radius 3 is 0.680 bits per heavy atom. The zero-order chi connectivity index (χ0) is 17.6. The molecule has 7 bridgehead atoms. The first-order valence-electron chi connectivity index (χ1n) is 8.64. The molecule has 0 amide bonds. The molecule has 6 aliphatic heterocycles. The zero-order valence-electron chi connectivity index (χ0n) is 13.3. The molecule has 8 fully saturated rings. The molecule has 25 heavy (non-hydrogen) atoms. The van der Waals surface area contributed by atoms with Crippen LogP contribution in [0.2, 0.25) is 0 Å². The van der Waals surface area contributed by atoms with Gasteiger partial charge in [-0.3, -0.25) is 0 Å². The van der Waals surface area contributed by atoms with Crippen LogP contribution >= 0.6 is 0 Å². The fraction of sp³-hybridized carbons (Fsp3) is 1.00. The van der Waals surface area contributed by atoms with Crippen LogP contribution in [0.3, 0.4) is 0 Å². The number of hydrogen-bond acceptors (Lipinski definition) is 12. The Hall–Kier alpha value is 0.0629. The third kappa shape index (κ3) is 1.44. The van der Waals surface area contributed by atoms with E-state index < -0.39 is 86.0 Å². The summed E-state index contributed by atoms with van der Waals surface area (Å²) in [6.07, 6.45) is -3.82. The first-order valence-corrected chi connectivity index (χ1v) is 13.8. The molecule has 13 heteroatoms.